The average Bonchev–Trinajstić information content (AvgIpc) is 2.68. The maximum Gasteiger partial charge on any atom is 0.253 e. The Hall–Kier alpha value is -2.33. The van der Waals surface area contributed by atoms with Crippen LogP contribution in [0.5, 0.6) is 11.5 Å². The van der Waals surface area contributed by atoms with Gasteiger partial charge in [0.15, 0.2) is 0 Å². The van der Waals surface area contributed by atoms with E-state index in [1.807, 2.05) is 66.5 Å². The van der Waals surface area contributed by atoms with Crippen LogP contribution in [0.3, 0.4) is 0 Å². The van der Waals surface area contributed by atoms with E-state index in [1.165, 1.54) is 0 Å². The van der Waals surface area contributed by atoms with Crippen LogP contribution in [-0.4, -0.2) is 48.4 Å². The summed E-state index contributed by atoms with van der Waals surface area (Å²) < 4.78 is 5.85. The Labute approximate surface area is 150 Å². The molecule has 1 amide bonds. The quantitative estimate of drug-likeness (QED) is 0.825. The van der Waals surface area contributed by atoms with E-state index in [-0.39, 0.29) is 5.91 Å². The standard InChI is InChI=1S/C21H26N2O2/c1-3-23-14-12-18(13-15-23)22(2)21(24)17-8-7-11-20(16-17)25-19-9-5-4-6-10-19/h4-11,16,18H,3,12-15H2,1-2H3. The van der Waals surface area contributed by atoms with Crippen LogP contribution in [-0.2, 0) is 0 Å². The van der Waals surface area contributed by atoms with E-state index in [4.69, 9.17) is 4.74 Å². The zero-order valence-electron chi connectivity index (χ0n) is 15.0. The summed E-state index contributed by atoms with van der Waals surface area (Å²) in [5.41, 5.74) is 0.675. The van der Waals surface area contributed by atoms with Crippen molar-refractivity contribution in [2.45, 2.75) is 25.8 Å². The summed E-state index contributed by atoms with van der Waals surface area (Å²) in [5, 5.41) is 0. The second-order valence-electron chi connectivity index (χ2n) is 6.52. The monoisotopic (exact) mass is 338 g/mol. The van der Waals surface area contributed by atoms with Gasteiger partial charge in [-0.2, -0.15) is 0 Å². The Morgan fingerprint density at radius 3 is 2.44 bits per heavy atom. The predicted molar refractivity (Wildman–Crippen MR) is 100 cm³/mol. The number of benzene rings is 2. The molecule has 1 heterocycles. The molecule has 0 spiro atoms. The van der Waals surface area contributed by atoms with Crippen LogP contribution in [0, 0.1) is 0 Å². The summed E-state index contributed by atoms with van der Waals surface area (Å²) in [6, 6.07) is 17.4. The van der Waals surface area contributed by atoms with Crippen LogP contribution < -0.4 is 4.74 Å². The lowest BCUT2D eigenvalue weighted by Crippen LogP contribution is -2.45. The van der Waals surface area contributed by atoms with E-state index in [9.17, 15) is 4.79 Å². The summed E-state index contributed by atoms with van der Waals surface area (Å²) >= 11 is 0. The minimum atomic E-state index is 0.0634. The molecule has 1 aliphatic heterocycles. The smallest absolute Gasteiger partial charge is 0.253 e. The maximum absolute atomic E-state index is 12.9. The highest BCUT2D eigenvalue weighted by Crippen LogP contribution is 2.23. The molecule has 2 aromatic carbocycles. The number of hydrogen-bond donors (Lipinski definition) is 0. The van der Waals surface area contributed by atoms with Crippen molar-refractivity contribution in [3.63, 3.8) is 0 Å². The molecule has 1 fully saturated rings. The van der Waals surface area contributed by atoms with Crippen molar-refractivity contribution >= 4 is 5.91 Å². The average molecular weight is 338 g/mol. The van der Waals surface area contributed by atoms with Gasteiger partial charge in [0.2, 0.25) is 0 Å². The SMILES string of the molecule is CCN1CCC(N(C)C(=O)c2cccc(Oc3ccccc3)c2)CC1. The van der Waals surface area contributed by atoms with E-state index in [2.05, 4.69) is 11.8 Å². The normalized spacial score (nSPS) is 15.8. The number of rotatable bonds is 5. The molecule has 0 N–H and O–H groups in total. The molecular formula is C21H26N2O2. The first-order valence-corrected chi connectivity index (χ1v) is 9.00. The van der Waals surface area contributed by atoms with E-state index >= 15 is 0 Å². The van der Waals surface area contributed by atoms with Gasteiger partial charge in [0, 0.05) is 31.7 Å². The van der Waals surface area contributed by atoms with Crippen LogP contribution >= 0.6 is 0 Å². The third kappa shape index (κ3) is 4.40. The van der Waals surface area contributed by atoms with Crippen molar-refractivity contribution in [3.05, 3.63) is 60.2 Å². The molecule has 1 saturated heterocycles. The summed E-state index contributed by atoms with van der Waals surface area (Å²) in [6.07, 6.45) is 2.08. The van der Waals surface area contributed by atoms with Crippen molar-refractivity contribution < 1.29 is 9.53 Å². The van der Waals surface area contributed by atoms with Gasteiger partial charge in [-0.25, -0.2) is 0 Å². The number of nitrogens with zero attached hydrogens (tertiary/aromatic N) is 2. The van der Waals surface area contributed by atoms with E-state index in [1.54, 1.807) is 0 Å². The molecule has 0 radical (unpaired) electrons. The van der Waals surface area contributed by atoms with Crippen molar-refractivity contribution in [2.75, 3.05) is 26.7 Å². The van der Waals surface area contributed by atoms with Gasteiger partial charge in [0.25, 0.3) is 5.91 Å². The van der Waals surface area contributed by atoms with E-state index in [0.29, 0.717) is 17.4 Å². The lowest BCUT2D eigenvalue weighted by molar-refractivity contribution is 0.0646. The van der Waals surface area contributed by atoms with Crippen LogP contribution in [0.15, 0.2) is 54.6 Å². The highest BCUT2D eigenvalue weighted by molar-refractivity contribution is 5.94. The van der Waals surface area contributed by atoms with E-state index < -0.39 is 0 Å². The fourth-order valence-corrected chi connectivity index (χ4v) is 3.31. The lowest BCUT2D eigenvalue weighted by Gasteiger charge is -2.36. The second kappa shape index (κ2) is 8.17. The first-order valence-electron chi connectivity index (χ1n) is 9.00. The molecule has 0 saturated carbocycles. The van der Waals surface area contributed by atoms with Gasteiger partial charge in [-0.3, -0.25) is 4.79 Å². The van der Waals surface area contributed by atoms with Crippen LogP contribution in [0.1, 0.15) is 30.1 Å². The van der Waals surface area contributed by atoms with Gasteiger partial charge in [-0.1, -0.05) is 31.2 Å². The highest BCUT2D eigenvalue weighted by Gasteiger charge is 2.25. The first kappa shape index (κ1) is 17.5. The van der Waals surface area contributed by atoms with Crippen molar-refractivity contribution in [2.24, 2.45) is 0 Å². The first-order chi connectivity index (χ1) is 12.2. The molecule has 4 nitrogen and oxygen atoms in total. The van der Waals surface area contributed by atoms with Crippen LogP contribution in [0.4, 0.5) is 0 Å². The molecule has 0 bridgehead atoms. The molecule has 3 rings (SSSR count). The van der Waals surface area contributed by atoms with Crippen LogP contribution in [0.25, 0.3) is 0 Å². The fraction of sp³-hybridized carbons (Fsp3) is 0.381. The minimum absolute atomic E-state index is 0.0634. The summed E-state index contributed by atoms with van der Waals surface area (Å²) in [4.78, 5) is 17.2. The minimum Gasteiger partial charge on any atom is -0.457 e. The summed E-state index contributed by atoms with van der Waals surface area (Å²) in [6.45, 7) is 5.41. The van der Waals surface area contributed by atoms with Gasteiger partial charge in [0.1, 0.15) is 11.5 Å². The van der Waals surface area contributed by atoms with Crippen molar-refractivity contribution in [1.29, 1.82) is 0 Å². The fourth-order valence-electron chi connectivity index (χ4n) is 3.31. The number of carbonyl (C=O) groups is 1. The second-order valence-corrected chi connectivity index (χ2v) is 6.52. The van der Waals surface area contributed by atoms with Gasteiger partial charge < -0.3 is 14.5 Å². The molecular weight excluding hydrogens is 312 g/mol. The number of carbonyl (C=O) groups excluding carboxylic acids is 1. The number of para-hydroxylation sites is 1. The number of hydrogen-bond acceptors (Lipinski definition) is 3. The Morgan fingerprint density at radius 1 is 1.08 bits per heavy atom. The molecule has 4 heteroatoms. The Bertz CT molecular complexity index is 694. The largest absolute Gasteiger partial charge is 0.457 e. The number of amides is 1. The lowest BCUT2D eigenvalue weighted by atomic mass is 10.0. The predicted octanol–water partition coefficient (Wildman–Crippen LogP) is 4.04. The molecule has 0 aliphatic carbocycles. The van der Waals surface area contributed by atoms with E-state index in [0.717, 1.165) is 38.2 Å². The van der Waals surface area contributed by atoms with Gasteiger partial charge >= 0.3 is 0 Å². The molecule has 2 aromatic rings. The van der Waals surface area contributed by atoms with Crippen molar-refractivity contribution in [3.8, 4) is 11.5 Å². The zero-order valence-corrected chi connectivity index (χ0v) is 15.0. The number of ether oxygens (including phenoxy) is 1. The Kier molecular flexibility index (Phi) is 5.71. The third-order valence-electron chi connectivity index (χ3n) is 4.93. The maximum atomic E-state index is 12.9. The molecule has 1 aliphatic rings. The van der Waals surface area contributed by atoms with Crippen LogP contribution in [0.2, 0.25) is 0 Å². The Balaban J connectivity index is 1.66. The van der Waals surface area contributed by atoms with Gasteiger partial charge in [0.05, 0.1) is 0 Å². The highest BCUT2D eigenvalue weighted by atomic mass is 16.5. The molecule has 132 valence electrons. The molecule has 0 atom stereocenters. The summed E-state index contributed by atoms with van der Waals surface area (Å²) in [5.74, 6) is 1.52. The molecule has 25 heavy (non-hydrogen) atoms. The van der Waals surface area contributed by atoms with Gasteiger partial charge in [-0.05, 0) is 49.7 Å². The Morgan fingerprint density at radius 2 is 1.76 bits per heavy atom. The number of likely N-dealkylation sites (tertiary alicyclic amines) is 1. The zero-order chi connectivity index (χ0) is 17.6. The third-order valence-corrected chi connectivity index (χ3v) is 4.93. The van der Waals surface area contributed by atoms with Crippen molar-refractivity contribution in [1.82, 2.24) is 9.80 Å². The molecule has 0 aromatic heterocycles. The molecule has 0 unspecified atom stereocenters. The topological polar surface area (TPSA) is 32.8 Å². The van der Waals surface area contributed by atoms with Gasteiger partial charge in [-0.15, -0.1) is 0 Å². The number of piperidine rings is 1. The summed E-state index contributed by atoms with van der Waals surface area (Å²) in [7, 11) is 1.92.